The van der Waals surface area contributed by atoms with E-state index >= 15 is 0 Å². The van der Waals surface area contributed by atoms with E-state index in [1.54, 1.807) is 4.90 Å². The summed E-state index contributed by atoms with van der Waals surface area (Å²) in [4.78, 5) is 27.2. The van der Waals surface area contributed by atoms with Crippen LogP contribution in [0, 0.1) is 5.92 Å². The molecule has 2 aromatic carbocycles. The van der Waals surface area contributed by atoms with Crippen LogP contribution in [0.25, 0.3) is 0 Å². The van der Waals surface area contributed by atoms with Crippen molar-refractivity contribution in [3.63, 3.8) is 0 Å². The largest absolute Gasteiger partial charge is 0.381 e. The molecule has 0 radical (unpaired) electrons. The first kappa shape index (κ1) is 21.3. The number of carbonyl (C=O) groups excluding carboxylic acids is 2. The number of nitrogens with one attached hydrogen (secondary N) is 1. The number of ether oxygens (including phenoxy) is 1. The first-order valence-electron chi connectivity index (χ1n) is 10.1. The molecular formula is C23H24BrClN2O3. The van der Waals surface area contributed by atoms with Gasteiger partial charge in [-0.3, -0.25) is 9.59 Å². The molecule has 158 valence electrons. The Bertz CT molecular complexity index is 946. The minimum atomic E-state index is -0.354. The van der Waals surface area contributed by atoms with Crippen molar-refractivity contribution in [1.82, 2.24) is 5.32 Å². The van der Waals surface area contributed by atoms with Gasteiger partial charge in [-0.25, -0.2) is 0 Å². The Morgan fingerprint density at radius 1 is 1.20 bits per heavy atom. The van der Waals surface area contributed by atoms with Crippen LogP contribution in [0.1, 0.15) is 24.8 Å². The lowest BCUT2D eigenvalue weighted by Crippen LogP contribution is -2.46. The number of carbonyl (C=O) groups is 2. The number of nitrogens with zero attached hydrogens (tertiary/aromatic N) is 1. The van der Waals surface area contributed by atoms with Gasteiger partial charge in [0.15, 0.2) is 0 Å². The van der Waals surface area contributed by atoms with E-state index in [-0.39, 0.29) is 29.6 Å². The van der Waals surface area contributed by atoms with Crippen LogP contribution in [0.4, 0.5) is 5.69 Å². The third kappa shape index (κ3) is 4.56. The maximum Gasteiger partial charge on any atom is 0.227 e. The zero-order valence-corrected chi connectivity index (χ0v) is 18.9. The average molecular weight is 492 g/mol. The van der Waals surface area contributed by atoms with E-state index in [0.29, 0.717) is 31.3 Å². The normalized spacial score (nSPS) is 20.9. The Morgan fingerprint density at radius 3 is 2.70 bits per heavy atom. The van der Waals surface area contributed by atoms with E-state index in [2.05, 4.69) is 27.3 Å². The minimum Gasteiger partial charge on any atom is -0.381 e. The number of halogens is 2. The fraction of sp³-hybridized carbons (Fsp3) is 0.391. The Balaban J connectivity index is 1.45. The summed E-state index contributed by atoms with van der Waals surface area (Å²) >= 11 is 9.67. The maximum atomic E-state index is 13.0. The summed E-state index contributed by atoms with van der Waals surface area (Å²) in [6, 6.07) is 15.4. The molecule has 2 aliphatic heterocycles. The SMILES string of the molecule is O=C(NCC1(c2cccc(Cl)c2)CCOCC1)C1CC(=O)N(c2cccc(Br)c2)C1. The zero-order chi connectivity index (χ0) is 21.1. The summed E-state index contributed by atoms with van der Waals surface area (Å²) in [5.74, 6) is -0.453. The predicted molar refractivity (Wildman–Crippen MR) is 121 cm³/mol. The molecule has 0 bridgehead atoms. The number of hydrogen-bond donors (Lipinski definition) is 1. The highest BCUT2D eigenvalue weighted by Gasteiger charge is 2.38. The summed E-state index contributed by atoms with van der Waals surface area (Å²) < 4.78 is 6.48. The number of benzene rings is 2. The van der Waals surface area contributed by atoms with Crippen LogP contribution < -0.4 is 10.2 Å². The van der Waals surface area contributed by atoms with Gasteiger partial charge in [0.05, 0.1) is 5.92 Å². The summed E-state index contributed by atoms with van der Waals surface area (Å²) in [6.07, 6.45) is 1.87. The second-order valence-corrected chi connectivity index (χ2v) is 9.36. The standard InChI is InChI=1S/C23H24BrClN2O3/c24-18-4-2-6-20(13-18)27-14-16(11-21(27)28)22(29)26-15-23(7-9-30-10-8-23)17-3-1-5-19(25)12-17/h1-6,12-13,16H,7-11,14-15H2,(H,26,29). The Morgan fingerprint density at radius 2 is 1.97 bits per heavy atom. The van der Waals surface area contributed by atoms with Gasteiger partial charge in [-0.15, -0.1) is 0 Å². The molecule has 0 aromatic heterocycles. The second-order valence-electron chi connectivity index (χ2n) is 8.01. The van der Waals surface area contributed by atoms with Crippen molar-refractivity contribution in [1.29, 1.82) is 0 Å². The van der Waals surface area contributed by atoms with Gasteiger partial charge in [0.2, 0.25) is 11.8 Å². The van der Waals surface area contributed by atoms with Gasteiger partial charge in [0.1, 0.15) is 0 Å². The van der Waals surface area contributed by atoms with Crippen molar-refractivity contribution < 1.29 is 14.3 Å². The van der Waals surface area contributed by atoms with Crippen molar-refractivity contribution in [2.45, 2.75) is 24.7 Å². The van der Waals surface area contributed by atoms with Crippen LogP contribution in [-0.4, -0.2) is 38.1 Å². The molecule has 1 N–H and O–H groups in total. The topological polar surface area (TPSA) is 58.6 Å². The maximum absolute atomic E-state index is 13.0. The third-order valence-electron chi connectivity index (χ3n) is 6.10. The van der Waals surface area contributed by atoms with Crippen molar-refractivity contribution in [3.8, 4) is 0 Å². The number of amides is 2. The molecule has 2 fully saturated rings. The van der Waals surface area contributed by atoms with Gasteiger partial charge in [0.25, 0.3) is 0 Å². The third-order valence-corrected chi connectivity index (χ3v) is 6.83. The summed E-state index contributed by atoms with van der Waals surface area (Å²) in [5, 5.41) is 3.82. The van der Waals surface area contributed by atoms with Crippen molar-refractivity contribution in [2.24, 2.45) is 5.92 Å². The molecule has 2 amide bonds. The van der Waals surface area contributed by atoms with Crippen molar-refractivity contribution in [3.05, 3.63) is 63.6 Å². The lowest BCUT2D eigenvalue weighted by molar-refractivity contribution is -0.126. The van der Waals surface area contributed by atoms with Crippen LogP contribution in [0.3, 0.4) is 0 Å². The first-order chi connectivity index (χ1) is 14.5. The molecule has 2 heterocycles. The molecule has 2 aromatic rings. The van der Waals surface area contributed by atoms with Gasteiger partial charge in [-0.05, 0) is 48.7 Å². The molecule has 0 aliphatic carbocycles. The van der Waals surface area contributed by atoms with Crippen LogP contribution >= 0.6 is 27.5 Å². The molecule has 30 heavy (non-hydrogen) atoms. The smallest absolute Gasteiger partial charge is 0.227 e. The molecule has 7 heteroatoms. The predicted octanol–water partition coefficient (Wildman–Crippen LogP) is 4.32. The van der Waals surface area contributed by atoms with Gasteiger partial charge >= 0.3 is 0 Å². The zero-order valence-electron chi connectivity index (χ0n) is 16.6. The molecular weight excluding hydrogens is 468 g/mol. The van der Waals surface area contributed by atoms with Crippen LogP contribution in [-0.2, 0) is 19.7 Å². The summed E-state index contributed by atoms with van der Waals surface area (Å²) in [6.45, 7) is 2.22. The quantitative estimate of drug-likeness (QED) is 0.678. The van der Waals surface area contributed by atoms with Crippen LogP contribution in [0.2, 0.25) is 5.02 Å². The lowest BCUT2D eigenvalue weighted by Gasteiger charge is -2.38. The highest BCUT2D eigenvalue weighted by Crippen LogP contribution is 2.36. The highest BCUT2D eigenvalue weighted by molar-refractivity contribution is 9.10. The first-order valence-corrected chi connectivity index (χ1v) is 11.3. The number of anilines is 1. The van der Waals surface area contributed by atoms with Gasteiger partial charge < -0.3 is 15.0 Å². The Labute approximate surface area is 189 Å². The van der Waals surface area contributed by atoms with Crippen LogP contribution in [0.5, 0.6) is 0 Å². The molecule has 0 saturated carbocycles. The average Bonchev–Trinajstić information content (AvgIpc) is 3.14. The van der Waals surface area contributed by atoms with Crippen LogP contribution in [0.15, 0.2) is 53.0 Å². The number of rotatable bonds is 5. The summed E-state index contributed by atoms with van der Waals surface area (Å²) in [5.41, 5.74) is 1.73. The van der Waals surface area contributed by atoms with Crippen molar-refractivity contribution in [2.75, 3.05) is 31.2 Å². The van der Waals surface area contributed by atoms with E-state index in [4.69, 9.17) is 16.3 Å². The molecule has 2 aliphatic rings. The van der Waals surface area contributed by atoms with Gasteiger partial charge in [-0.2, -0.15) is 0 Å². The number of hydrogen-bond acceptors (Lipinski definition) is 3. The van der Waals surface area contributed by atoms with E-state index in [0.717, 1.165) is 28.6 Å². The summed E-state index contributed by atoms with van der Waals surface area (Å²) in [7, 11) is 0. The molecule has 1 atom stereocenters. The molecule has 0 spiro atoms. The fourth-order valence-electron chi connectivity index (χ4n) is 4.33. The lowest BCUT2D eigenvalue weighted by atomic mass is 9.74. The minimum absolute atomic E-state index is 0.0242. The highest BCUT2D eigenvalue weighted by atomic mass is 79.9. The molecule has 5 nitrogen and oxygen atoms in total. The molecule has 1 unspecified atom stereocenters. The molecule has 4 rings (SSSR count). The van der Waals surface area contributed by atoms with Gasteiger partial charge in [-0.1, -0.05) is 45.7 Å². The fourth-order valence-corrected chi connectivity index (χ4v) is 4.90. The second kappa shape index (κ2) is 9.08. The van der Waals surface area contributed by atoms with Crippen molar-refractivity contribution >= 4 is 45.0 Å². The van der Waals surface area contributed by atoms with E-state index in [1.165, 1.54) is 0 Å². The van der Waals surface area contributed by atoms with E-state index in [1.807, 2.05) is 42.5 Å². The van der Waals surface area contributed by atoms with E-state index in [9.17, 15) is 9.59 Å². The molecule has 2 saturated heterocycles. The van der Waals surface area contributed by atoms with Gasteiger partial charge in [0, 0.05) is 53.3 Å². The monoisotopic (exact) mass is 490 g/mol. The van der Waals surface area contributed by atoms with E-state index < -0.39 is 0 Å². The Hall–Kier alpha value is -1.89. The Kier molecular flexibility index (Phi) is 6.46.